The van der Waals surface area contributed by atoms with Crippen molar-refractivity contribution in [3.05, 3.63) is 35.9 Å². The van der Waals surface area contributed by atoms with Crippen molar-refractivity contribution in [3.8, 4) is 0 Å². The molecular weight excluding hydrogens is 200 g/mol. The van der Waals surface area contributed by atoms with Crippen LogP contribution >= 0.6 is 0 Å². The Morgan fingerprint density at radius 1 is 1.25 bits per heavy atom. The van der Waals surface area contributed by atoms with Crippen molar-refractivity contribution in [1.29, 1.82) is 0 Å². The Kier molecular flexibility index (Phi) is 4.90. The van der Waals surface area contributed by atoms with Crippen LogP contribution in [0.2, 0.25) is 0 Å². The van der Waals surface area contributed by atoms with Gasteiger partial charge in [-0.1, -0.05) is 44.2 Å². The number of carbonyl (C=O) groups excluding carboxylic acids is 2. The highest BCUT2D eigenvalue weighted by molar-refractivity contribution is 5.97. The number of rotatable bonds is 6. The maximum Gasteiger partial charge on any atom is 0.163 e. The van der Waals surface area contributed by atoms with E-state index in [-0.39, 0.29) is 11.7 Å². The van der Waals surface area contributed by atoms with Gasteiger partial charge in [-0.3, -0.25) is 4.79 Å². The summed E-state index contributed by atoms with van der Waals surface area (Å²) in [6.45, 7) is 4.12. The molecule has 0 bridgehead atoms. The average molecular weight is 218 g/mol. The first-order chi connectivity index (χ1) is 7.63. The lowest BCUT2D eigenvalue weighted by atomic mass is 9.92. The van der Waals surface area contributed by atoms with E-state index in [1.807, 2.05) is 18.2 Å². The molecule has 0 aliphatic rings. The van der Waals surface area contributed by atoms with Crippen LogP contribution in [-0.4, -0.2) is 12.1 Å². The Balaban J connectivity index is 2.59. The van der Waals surface area contributed by atoms with Crippen LogP contribution in [0, 0.1) is 11.8 Å². The monoisotopic (exact) mass is 218 g/mol. The van der Waals surface area contributed by atoms with Gasteiger partial charge in [0.25, 0.3) is 0 Å². The smallest absolute Gasteiger partial charge is 0.163 e. The molecule has 0 spiro atoms. The molecule has 1 atom stereocenters. The Morgan fingerprint density at radius 2 is 1.88 bits per heavy atom. The van der Waals surface area contributed by atoms with Crippen molar-refractivity contribution < 1.29 is 9.59 Å². The molecule has 16 heavy (non-hydrogen) atoms. The van der Waals surface area contributed by atoms with Gasteiger partial charge in [0.05, 0.1) is 0 Å². The van der Waals surface area contributed by atoms with Crippen LogP contribution in [0.1, 0.15) is 37.0 Å². The minimum atomic E-state index is -0.146. The van der Waals surface area contributed by atoms with Gasteiger partial charge in [0.2, 0.25) is 0 Å². The molecule has 0 aliphatic carbocycles. The van der Waals surface area contributed by atoms with Crippen molar-refractivity contribution in [2.24, 2.45) is 11.8 Å². The van der Waals surface area contributed by atoms with Crippen LogP contribution in [-0.2, 0) is 4.79 Å². The number of carbonyl (C=O) groups is 2. The average Bonchev–Trinajstić information content (AvgIpc) is 2.28. The summed E-state index contributed by atoms with van der Waals surface area (Å²) in [6.07, 6.45) is 2.01. The second kappa shape index (κ2) is 6.21. The Labute approximate surface area is 96.7 Å². The molecule has 0 aromatic heterocycles. The zero-order valence-corrected chi connectivity index (χ0v) is 9.85. The topological polar surface area (TPSA) is 34.1 Å². The molecule has 0 N–H and O–H groups in total. The summed E-state index contributed by atoms with van der Waals surface area (Å²) >= 11 is 0. The van der Waals surface area contributed by atoms with E-state index in [2.05, 4.69) is 13.8 Å². The SMILES string of the molecule is CC(C)CC(C=O)CC(=O)c1ccccc1. The van der Waals surface area contributed by atoms with Crippen molar-refractivity contribution >= 4 is 12.1 Å². The second-order valence-electron chi connectivity index (χ2n) is 4.52. The molecule has 1 unspecified atom stereocenters. The van der Waals surface area contributed by atoms with Gasteiger partial charge in [-0.15, -0.1) is 0 Å². The molecule has 2 heteroatoms. The second-order valence-corrected chi connectivity index (χ2v) is 4.52. The summed E-state index contributed by atoms with van der Waals surface area (Å²) in [7, 11) is 0. The zero-order valence-electron chi connectivity index (χ0n) is 9.85. The summed E-state index contributed by atoms with van der Waals surface area (Å²) in [4.78, 5) is 22.7. The Bertz CT molecular complexity index is 341. The fraction of sp³-hybridized carbons (Fsp3) is 0.429. The first kappa shape index (κ1) is 12.6. The third-order valence-corrected chi connectivity index (χ3v) is 2.51. The number of hydrogen-bond acceptors (Lipinski definition) is 2. The zero-order chi connectivity index (χ0) is 12.0. The summed E-state index contributed by atoms with van der Waals surface area (Å²) in [5.74, 6) is 0.352. The van der Waals surface area contributed by atoms with Crippen LogP contribution in [0.4, 0.5) is 0 Å². The highest BCUT2D eigenvalue weighted by Crippen LogP contribution is 2.16. The Morgan fingerprint density at radius 3 is 2.38 bits per heavy atom. The molecule has 0 heterocycles. The lowest BCUT2D eigenvalue weighted by Crippen LogP contribution is -2.12. The quantitative estimate of drug-likeness (QED) is 0.543. The highest BCUT2D eigenvalue weighted by Gasteiger charge is 2.15. The fourth-order valence-corrected chi connectivity index (χ4v) is 1.77. The number of ketones is 1. The van der Waals surface area contributed by atoms with Crippen molar-refractivity contribution in [3.63, 3.8) is 0 Å². The van der Waals surface area contributed by atoms with Crippen molar-refractivity contribution in [1.82, 2.24) is 0 Å². The maximum atomic E-state index is 11.8. The number of hydrogen-bond donors (Lipinski definition) is 0. The third kappa shape index (κ3) is 3.97. The van der Waals surface area contributed by atoms with E-state index in [1.165, 1.54) is 0 Å². The molecule has 0 saturated carbocycles. The standard InChI is InChI=1S/C14H18O2/c1-11(2)8-12(10-15)9-14(16)13-6-4-3-5-7-13/h3-7,10-12H,8-9H2,1-2H3. The summed E-state index contributed by atoms with van der Waals surface area (Å²) in [5, 5.41) is 0. The summed E-state index contributed by atoms with van der Waals surface area (Å²) in [6, 6.07) is 9.14. The largest absolute Gasteiger partial charge is 0.303 e. The third-order valence-electron chi connectivity index (χ3n) is 2.51. The maximum absolute atomic E-state index is 11.8. The van der Waals surface area contributed by atoms with Gasteiger partial charge in [-0.05, 0) is 12.3 Å². The van der Waals surface area contributed by atoms with Gasteiger partial charge in [-0.2, -0.15) is 0 Å². The van der Waals surface area contributed by atoms with Gasteiger partial charge in [0.1, 0.15) is 6.29 Å². The molecule has 2 nitrogen and oxygen atoms in total. The van der Waals surface area contributed by atoms with E-state index in [9.17, 15) is 9.59 Å². The minimum Gasteiger partial charge on any atom is -0.303 e. The molecule has 1 rings (SSSR count). The van der Waals surface area contributed by atoms with Crippen LogP contribution < -0.4 is 0 Å². The highest BCUT2D eigenvalue weighted by atomic mass is 16.1. The van der Waals surface area contributed by atoms with Crippen LogP contribution in [0.25, 0.3) is 0 Å². The lowest BCUT2D eigenvalue weighted by molar-refractivity contribution is -0.111. The first-order valence-corrected chi connectivity index (χ1v) is 5.67. The van der Waals surface area contributed by atoms with E-state index in [4.69, 9.17) is 0 Å². The molecule has 0 radical (unpaired) electrons. The van der Waals surface area contributed by atoms with Gasteiger partial charge in [0, 0.05) is 17.9 Å². The predicted molar refractivity (Wildman–Crippen MR) is 64.4 cm³/mol. The van der Waals surface area contributed by atoms with E-state index in [1.54, 1.807) is 12.1 Å². The van der Waals surface area contributed by atoms with Crippen LogP contribution in [0.3, 0.4) is 0 Å². The van der Waals surface area contributed by atoms with Crippen molar-refractivity contribution in [2.75, 3.05) is 0 Å². The normalized spacial score (nSPS) is 12.4. The van der Waals surface area contributed by atoms with E-state index >= 15 is 0 Å². The van der Waals surface area contributed by atoms with Crippen LogP contribution in [0.5, 0.6) is 0 Å². The molecule has 86 valence electrons. The molecule has 0 amide bonds. The Hall–Kier alpha value is -1.44. The molecule has 0 aliphatic heterocycles. The summed E-state index contributed by atoms with van der Waals surface area (Å²) < 4.78 is 0. The fourth-order valence-electron chi connectivity index (χ4n) is 1.77. The molecule has 0 saturated heterocycles. The first-order valence-electron chi connectivity index (χ1n) is 5.67. The molecule has 1 aromatic carbocycles. The molecule has 1 aromatic rings. The number of aldehydes is 1. The molecular formula is C14H18O2. The van der Waals surface area contributed by atoms with Gasteiger partial charge in [0.15, 0.2) is 5.78 Å². The molecule has 0 fully saturated rings. The van der Waals surface area contributed by atoms with Gasteiger partial charge < -0.3 is 4.79 Å². The van der Waals surface area contributed by atoms with E-state index < -0.39 is 0 Å². The van der Waals surface area contributed by atoms with E-state index in [0.29, 0.717) is 17.9 Å². The van der Waals surface area contributed by atoms with Crippen molar-refractivity contribution in [2.45, 2.75) is 26.7 Å². The predicted octanol–water partition coefficient (Wildman–Crippen LogP) is 3.12. The van der Waals surface area contributed by atoms with Crippen LogP contribution in [0.15, 0.2) is 30.3 Å². The number of benzene rings is 1. The minimum absolute atomic E-state index is 0.0540. The van der Waals surface area contributed by atoms with E-state index in [0.717, 1.165) is 12.7 Å². The van der Waals surface area contributed by atoms with Gasteiger partial charge >= 0.3 is 0 Å². The lowest BCUT2D eigenvalue weighted by Gasteiger charge is -2.11. The summed E-state index contributed by atoms with van der Waals surface area (Å²) in [5.41, 5.74) is 0.693. The number of Topliss-reactive ketones (excluding diaryl/α,β-unsaturated/α-hetero) is 1. The van der Waals surface area contributed by atoms with Gasteiger partial charge in [-0.25, -0.2) is 0 Å².